The molecule has 1 aromatic heterocycles. The van der Waals surface area contributed by atoms with Crippen molar-refractivity contribution in [3.63, 3.8) is 0 Å². The van der Waals surface area contributed by atoms with Crippen molar-refractivity contribution in [1.82, 2.24) is 5.16 Å². The Labute approximate surface area is 105 Å². The normalized spacial score (nSPS) is 10.8. The topological polar surface area (TPSA) is 52.3 Å². The van der Waals surface area contributed by atoms with E-state index < -0.39 is 5.97 Å². The van der Waals surface area contributed by atoms with E-state index in [2.05, 4.69) is 9.89 Å². The number of carbonyl (C=O) groups excluding carboxylic acids is 1. The van der Waals surface area contributed by atoms with Crippen LogP contribution in [0.1, 0.15) is 11.3 Å². The van der Waals surface area contributed by atoms with Crippen molar-refractivity contribution in [1.29, 1.82) is 0 Å². The van der Waals surface area contributed by atoms with E-state index in [4.69, 9.17) is 4.52 Å². The van der Waals surface area contributed by atoms with Crippen molar-refractivity contribution in [2.75, 3.05) is 7.11 Å². The lowest BCUT2D eigenvalue weighted by atomic mass is 10.1. The number of aryl methyl sites for hydroxylation is 1. The highest BCUT2D eigenvalue weighted by atomic mass is 16.5. The summed E-state index contributed by atoms with van der Waals surface area (Å²) in [5.41, 5.74) is 2.90. The molecule has 0 aliphatic heterocycles. The van der Waals surface area contributed by atoms with E-state index in [9.17, 15) is 4.79 Å². The quantitative estimate of drug-likeness (QED) is 0.614. The molecule has 2 rings (SSSR count). The number of ether oxygens (including phenoxy) is 1. The van der Waals surface area contributed by atoms with Crippen molar-refractivity contribution >= 4 is 12.0 Å². The van der Waals surface area contributed by atoms with Gasteiger partial charge in [-0.2, -0.15) is 0 Å². The molecule has 4 heteroatoms. The molecule has 0 unspecified atom stereocenters. The van der Waals surface area contributed by atoms with Gasteiger partial charge in [-0.05, 0) is 13.0 Å². The summed E-state index contributed by atoms with van der Waals surface area (Å²) in [7, 11) is 1.32. The van der Waals surface area contributed by atoms with E-state index in [0.717, 1.165) is 11.3 Å². The number of aromatic nitrogens is 1. The smallest absolute Gasteiger partial charge is 0.330 e. The Hall–Kier alpha value is -2.36. The molecule has 0 amide bonds. The molecule has 0 aliphatic rings. The van der Waals surface area contributed by atoms with Crippen LogP contribution in [0, 0.1) is 6.92 Å². The van der Waals surface area contributed by atoms with Gasteiger partial charge in [0, 0.05) is 17.7 Å². The first-order chi connectivity index (χ1) is 8.69. The lowest BCUT2D eigenvalue weighted by Gasteiger charge is -1.95. The number of hydrogen-bond acceptors (Lipinski definition) is 4. The first kappa shape index (κ1) is 12.1. The van der Waals surface area contributed by atoms with Gasteiger partial charge >= 0.3 is 5.97 Å². The van der Waals surface area contributed by atoms with E-state index in [1.807, 2.05) is 31.2 Å². The van der Waals surface area contributed by atoms with Crippen LogP contribution in [-0.2, 0) is 9.53 Å². The molecule has 1 heterocycles. The van der Waals surface area contributed by atoms with Gasteiger partial charge in [0.15, 0.2) is 5.76 Å². The maximum atomic E-state index is 10.9. The number of benzene rings is 1. The average Bonchev–Trinajstić information content (AvgIpc) is 2.85. The zero-order valence-corrected chi connectivity index (χ0v) is 10.2. The largest absolute Gasteiger partial charge is 0.466 e. The van der Waals surface area contributed by atoms with Gasteiger partial charge in [-0.3, -0.25) is 0 Å². The predicted molar refractivity (Wildman–Crippen MR) is 67.7 cm³/mol. The van der Waals surface area contributed by atoms with Gasteiger partial charge in [0.2, 0.25) is 0 Å². The molecule has 0 radical (unpaired) electrons. The van der Waals surface area contributed by atoms with Gasteiger partial charge < -0.3 is 9.26 Å². The van der Waals surface area contributed by atoms with E-state index in [-0.39, 0.29) is 0 Å². The predicted octanol–water partition coefficient (Wildman–Crippen LogP) is 2.84. The third-order valence-corrected chi connectivity index (χ3v) is 2.46. The summed E-state index contributed by atoms with van der Waals surface area (Å²) in [4.78, 5) is 10.9. The van der Waals surface area contributed by atoms with Crippen molar-refractivity contribution in [2.45, 2.75) is 6.92 Å². The zero-order chi connectivity index (χ0) is 13.0. The van der Waals surface area contributed by atoms with Crippen LogP contribution in [0.3, 0.4) is 0 Å². The second-order valence-electron chi connectivity index (χ2n) is 3.84. The molecule has 0 N–H and O–H groups in total. The Morgan fingerprint density at radius 2 is 2.06 bits per heavy atom. The summed E-state index contributed by atoms with van der Waals surface area (Å²) in [6.45, 7) is 2.02. The van der Waals surface area contributed by atoms with Gasteiger partial charge in [-0.1, -0.05) is 35.0 Å². The third-order valence-electron chi connectivity index (χ3n) is 2.46. The van der Waals surface area contributed by atoms with Gasteiger partial charge in [0.1, 0.15) is 5.69 Å². The van der Waals surface area contributed by atoms with E-state index in [1.54, 1.807) is 6.07 Å². The molecule has 0 aliphatic carbocycles. The molecule has 0 atom stereocenters. The molecule has 1 aromatic carbocycles. The summed E-state index contributed by atoms with van der Waals surface area (Å²) in [5, 5.41) is 3.94. The van der Waals surface area contributed by atoms with Crippen molar-refractivity contribution in [2.24, 2.45) is 0 Å². The third kappa shape index (κ3) is 2.85. The molecule has 0 bridgehead atoms. The SMILES string of the molecule is COC(=O)/C=C/c1cc(-c2ccc(C)cc2)no1. The molecule has 0 fully saturated rings. The van der Waals surface area contributed by atoms with Crippen molar-refractivity contribution in [3.8, 4) is 11.3 Å². The Morgan fingerprint density at radius 1 is 1.33 bits per heavy atom. The summed E-state index contributed by atoms with van der Waals surface area (Å²) >= 11 is 0. The maximum Gasteiger partial charge on any atom is 0.330 e. The van der Waals surface area contributed by atoms with Gasteiger partial charge in [0.05, 0.1) is 7.11 Å². The second-order valence-corrected chi connectivity index (χ2v) is 3.84. The Balaban J connectivity index is 2.18. The Morgan fingerprint density at radius 3 is 2.72 bits per heavy atom. The highest BCUT2D eigenvalue weighted by molar-refractivity contribution is 5.86. The standard InChI is InChI=1S/C14H13NO3/c1-10-3-5-11(6-4-10)13-9-12(18-15-13)7-8-14(16)17-2/h3-9H,1-2H3/b8-7+. The molecule has 4 nitrogen and oxygen atoms in total. The summed E-state index contributed by atoms with van der Waals surface area (Å²) in [6, 6.07) is 9.73. The second kappa shape index (κ2) is 5.31. The molecular weight excluding hydrogens is 230 g/mol. The van der Waals surface area contributed by atoms with Crippen LogP contribution in [0.15, 0.2) is 40.9 Å². The van der Waals surface area contributed by atoms with Crippen LogP contribution >= 0.6 is 0 Å². The van der Waals surface area contributed by atoms with Crippen molar-refractivity contribution < 1.29 is 14.1 Å². The molecule has 18 heavy (non-hydrogen) atoms. The fraction of sp³-hybridized carbons (Fsp3) is 0.143. The number of rotatable bonds is 3. The zero-order valence-electron chi connectivity index (χ0n) is 10.2. The number of methoxy groups -OCH3 is 1. The van der Waals surface area contributed by atoms with Crippen LogP contribution in [-0.4, -0.2) is 18.2 Å². The highest BCUT2D eigenvalue weighted by Gasteiger charge is 2.04. The number of esters is 1. The average molecular weight is 243 g/mol. The lowest BCUT2D eigenvalue weighted by Crippen LogP contribution is -1.92. The fourth-order valence-electron chi connectivity index (χ4n) is 1.45. The first-order valence-corrected chi connectivity index (χ1v) is 5.49. The van der Waals surface area contributed by atoms with Gasteiger partial charge in [-0.15, -0.1) is 0 Å². The Bertz CT molecular complexity index is 567. The van der Waals surface area contributed by atoms with E-state index in [1.165, 1.54) is 24.8 Å². The van der Waals surface area contributed by atoms with Crippen LogP contribution < -0.4 is 0 Å². The van der Waals surface area contributed by atoms with Gasteiger partial charge in [-0.25, -0.2) is 4.79 Å². The van der Waals surface area contributed by atoms with E-state index >= 15 is 0 Å². The molecule has 0 saturated carbocycles. The van der Waals surface area contributed by atoms with Crippen LogP contribution in [0.2, 0.25) is 0 Å². The number of carbonyl (C=O) groups is 1. The summed E-state index contributed by atoms with van der Waals surface area (Å²) in [6.07, 6.45) is 2.82. The lowest BCUT2D eigenvalue weighted by molar-refractivity contribution is -0.134. The Kier molecular flexibility index (Phi) is 3.57. The van der Waals surface area contributed by atoms with Crippen molar-refractivity contribution in [3.05, 3.63) is 47.7 Å². The molecule has 92 valence electrons. The molecule has 0 saturated heterocycles. The minimum atomic E-state index is -0.428. The van der Waals surface area contributed by atoms with Gasteiger partial charge in [0.25, 0.3) is 0 Å². The summed E-state index contributed by atoms with van der Waals surface area (Å²) < 4.78 is 9.59. The highest BCUT2D eigenvalue weighted by Crippen LogP contribution is 2.20. The minimum Gasteiger partial charge on any atom is -0.466 e. The van der Waals surface area contributed by atoms with E-state index in [0.29, 0.717) is 5.76 Å². The van der Waals surface area contributed by atoms with Crippen LogP contribution in [0.5, 0.6) is 0 Å². The first-order valence-electron chi connectivity index (χ1n) is 5.49. The monoisotopic (exact) mass is 243 g/mol. The molecular formula is C14H13NO3. The minimum absolute atomic E-state index is 0.428. The maximum absolute atomic E-state index is 10.9. The van der Waals surface area contributed by atoms with Crippen LogP contribution in [0.4, 0.5) is 0 Å². The molecule has 0 spiro atoms. The number of nitrogens with zero attached hydrogens (tertiary/aromatic N) is 1. The summed E-state index contributed by atoms with van der Waals surface area (Å²) in [5.74, 6) is 0.0826. The van der Waals surface area contributed by atoms with Crippen LogP contribution in [0.25, 0.3) is 17.3 Å². The number of hydrogen-bond donors (Lipinski definition) is 0. The molecule has 2 aromatic rings. The fourth-order valence-corrected chi connectivity index (χ4v) is 1.45.